The van der Waals surface area contributed by atoms with E-state index in [4.69, 9.17) is 5.73 Å². The zero-order chi connectivity index (χ0) is 47.4. The number of benzene rings is 6. The van der Waals surface area contributed by atoms with Crippen LogP contribution in [0.1, 0.15) is 33.4 Å². The predicted molar refractivity (Wildman–Crippen MR) is 256 cm³/mol. The van der Waals surface area contributed by atoms with Crippen molar-refractivity contribution in [3.05, 3.63) is 215 Å². The van der Waals surface area contributed by atoms with Gasteiger partial charge in [0.05, 0.1) is 6.04 Å². The molecule has 6 aromatic carbocycles. The Morgan fingerprint density at radius 2 is 0.507 bits per heavy atom. The average Bonchev–Trinajstić information content (AvgIpc) is 3.34. The van der Waals surface area contributed by atoms with Crippen molar-refractivity contribution in [2.75, 3.05) is 0 Å². The van der Waals surface area contributed by atoms with Crippen molar-refractivity contribution in [1.82, 2.24) is 26.6 Å². The molecule has 0 heterocycles. The van der Waals surface area contributed by atoms with Gasteiger partial charge in [-0.1, -0.05) is 182 Å². The van der Waals surface area contributed by atoms with E-state index in [2.05, 4.69) is 26.6 Å². The van der Waals surface area contributed by atoms with E-state index in [1.165, 1.54) is 0 Å². The smallest absolute Gasteiger partial charge is 0.326 e. The molecule has 0 aliphatic carbocycles. The van der Waals surface area contributed by atoms with E-state index in [1.807, 2.05) is 78.9 Å². The Balaban J connectivity index is 1.26. The predicted octanol–water partition coefficient (Wildman–Crippen LogP) is 4.28. The highest BCUT2D eigenvalue weighted by Gasteiger charge is 2.34. The molecule has 0 unspecified atom stereocenters. The van der Waals surface area contributed by atoms with Gasteiger partial charge in [-0.15, -0.1) is 0 Å². The Morgan fingerprint density at radius 1 is 0.313 bits per heavy atom. The molecule has 6 rings (SSSR count). The number of nitrogens with two attached hydrogens (primary N) is 1. The van der Waals surface area contributed by atoms with Crippen LogP contribution in [0.25, 0.3) is 0 Å². The van der Waals surface area contributed by atoms with Crippen molar-refractivity contribution in [3.63, 3.8) is 0 Å². The number of hydrogen-bond donors (Lipinski definition) is 7. The molecule has 0 aromatic heterocycles. The van der Waals surface area contributed by atoms with Gasteiger partial charge in [-0.25, -0.2) is 4.79 Å². The Kier molecular flexibility index (Phi) is 18.1. The first-order chi connectivity index (χ1) is 32.5. The van der Waals surface area contributed by atoms with Crippen LogP contribution in [0.15, 0.2) is 182 Å². The lowest BCUT2D eigenvalue weighted by molar-refractivity contribution is -0.142. The number of aliphatic carboxylic acids is 1. The number of rotatable bonds is 23. The third kappa shape index (κ3) is 15.6. The number of amides is 5. The van der Waals surface area contributed by atoms with Gasteiger partial charge < -0.3 is 37.4 Å². The van der Waals surface area contributed by atoms with Crippen molar-refractivity contribution in [2.45, 2.75) is 74.8 Å². The van der Waals surface area contributed by atoms with Gasteiger partial charge in [-0.05, 0) is 39.8 Å². The molecular formula is C54H56N6O7. The van der Waals surface area contributed by atoms with Gasteiger partial charge in [0.1, 0.15) is 30.2 Å². The monoisotopic (exact) mass is 900 g/mol. The van der Waals surface area contributed by atoms with E-state index in [9.17, 15) is 33.9 Å². The van der Waals surface area contributed by atoms with Crippen LogP contribution in [0, 0.1) is 0 Å². The summed E-state index contributed by atoms with van der Waals surface area (Å²) in [7, 11) is 0. The first-order valence-electron chi connectivity index (χ1n) is 22.2. The Labute approximate surface area is 390 Å². The molecule has 67 heavy (non-hydrogen) atoms. The average molecular weight is 901 g/mol. The second kappa shape index (κ2) is 25.0. The molecule has 0 spiro atoms. The van der Waals surface area contributed by atoms with Crippen molar-refractivity contribution >= 4 is 35.5 Å². The van der Waals surface area contributed by atoms with E-state index in [0.717, 1.165) is 11.1 Å². The second-order valence-corrected chi connectivity index (χ2v) is 16.4. The standard InChI is InChI=1S/C54H56N6O7/c55-43(31-37-19-7-1-8-20-37)49(61)56-44(32-38-21-9-2-10-22-38)50(62)57-45(33-39-23-11-3-12-24-39)51(63)58-46(34-40-25-13-4-14-26-40)52(64)59-47(35-41-27-15-5-16-28-41)53(65)60-48(54(66)67)36-42-29-17-6-18-30-42/h1-30,43-48H,31-36,55H2,(H,56,61)(H,57,62)(H,58,63)(H,59,64)(H,60,65)(H,66,67)/t43-,44-,45-,46+,47+,48+/m1/s1. The van der Waals surface area contributed by atoms with Crippen molar-refractivity contribution in [1.29, 1.82) is 0 Å². The van der Waals surface area contributed by atoms with Gasteiger partial charge in [-0.3, -0.25) is 24.0 Å². The Morgan fingerprint density at radius 3 is 0.746 bits per heavy atom. The summed E-state index contributed by atoms with van der Waals surface area (Å²) in [5, 5.41) is 24.1. The van der Waals surface area contributed by atoms with Gasteiger partial charge in [0, 0.05) is 32.1 Å². The summed E-state index contributed by atoms with van der Waals surface area (Å²) in [6.45, 7) is 0. The van der Waals surface area contributed by atoms with Crippen LogP contribution in [0.5, 0.6) is 0 Å². The van der Waals surface area contributed by atoms with E-state index >= 15 is 0 Å². The van der Waals surface area contributed by atoms with Crippen molar-refractivity contribution in [3.8, 4) is 0 Å². The van der Waals surface area contributed by atoms with E-state index < -0.39 is 71.8 Å². The molecule has 0 saturated heterocycles. The maximum atomic E-state index is 14.6. The zero-order valence-corrected chi connectivity index (χ0v) is 37.0. The van der Waals surface area contributed by atoms with E-state index in [1.54, 1.807) is 103 Å². The van der Waals surface area contributed by atoms with E-state index in [-0.39, 0.29) is 38.5 Å². The van der Waals surface area contributed by atoms with Crippen molar-refractivity contribution < 1.29 is 33.9 Å². The number of carboxylic acids is 1. The van der Waals surface area contributed by atoms with Crippen LogP contribution in [-0.2, 0) is 67.3 Å². The summed E-state index contributed by atoms with van der Waals surface area (Å²) in [6, 6.07) is 47.1. The van der Waals surface area contributed by atoms with Crippen molar-refractivity contribution in [2.24, 2.45) is 5.73 Å². The normalized spacial score (nSPS) is 13.6. The molecule has 0 aliphatic heterocycles. The molecule has 6 aromatic rings. The number of carboxylic acid groups (broad SMARTS) is 1. The third-order valence-electron chi connectivity index (χ3n) is 11.2. The first kappa shape index (κ1) is 48.6. The summed E-state index contributed by atoms with van der Waals surface area (Å²) < 4.78 is 0. The Bertz CT molecular complexity index is 2520. The minimum absolute atomic E-state index is 0.00183. The maximum Gasteiger partial charge on any atom is 0.326 e. The summed E-state index contributed by atoms with van der Waals surface area (Å²) in [5.74, 6) is -4.58. The number of hydrogen-bond acceptors (Lipinski definition) is 7. The molecule has 13 heteroatoms. The summed E-state index contributed by atoms with van der Waals surface area (Å²) in [5.41, 5.74) is 10.8. The molecule has 0 saturated carbocycles. The largest absolute Gasteiger partial charge is 0.480 e. The van der Waals surface area contributed by atoms with Crippen LogP contribution in [0.2, 0.25) is 0 Å². The van der Waals surface area contributed by atoms with E-state index in [0.29, 0.717) is 22.3 Å². The molecule has 0 fully saturated rings. The molecule has 0 aliphatic rings. The van der Waals surface area contributed by atoms with Crippen LogP contribution >= 0.6 is 0 Å². The molecule has 8 N–H and O–H groups in total. The zero-order valence-electron chi connectivity index (χ0n) is 37.0. The molecule has 0 bridgehead atoms. The third-order valence-corrected chi connectivity index (χ3v) is 11.2. The quantitative estimate of drug-likeness (QED) is 0.0493. The number of carbonyl (C=O) groups excluding carboxylic acids is 5. The summed E-state index contributed by atoms with van der Waals surface area (Å²) >= 11 is 0. The number of carbonyl (C=O) groups is 6. The lowest BCUT2D eigenvalue weighted by atomic mass is 9.99. The molecule has 0 radical (unpaired) electrons. The van der Waals surface area contributed by atoms with Gasteiger partial charge in [0.15, 0.2) is 0 Å². The lowest BCUT2D eigenvalue weighted by Gasteiger charge is -2.27. The van der Waals surface area contributed by atoms with Gasteiger partial charge >= 0.3 is 5.97 Å². The molecular weight excluding hydrogens is 845 g/mol. The lowest BCUT2D eigenvalue weighted by Crippen LogP contribution is -2.60. The molecule has 6 atom stereocenters. The molecule has 13 nitrogen and oxygen atoms in total. The fourth-order valence-corrected chi connectivity index (χ4v) is 7.61. The highest BCUT2D eigenvalue weighted by atomic mass is 16.4. The van der Waals surface area contributed by atoms with Gasteiger partial charge in [0.2, 0.25) is 29.5 Å². The van der Waals surface area contributed by atoms with Gasteiger partial charge in [-0.2, -0.15) is 0 Å². The van der Waals surface area contributed by atoms with Crippen LogP contribution < -0.4 is 32.3 Å². The molecule has 5 amide bonds. The van der Waals surface area contributed by atoms with Crippen LogP contribution in [0.4, 0.5) is 0 Å². The minimum atomic E-state index is -1.30. The Hall–Kier alpha value is -7.90. The second-order valence-electron chi connectivity index (χ2n) is 16.4. The minimum Gasteiger partial charge on any atom is -0.480 e. The topological polar surface area (TPSA) is 209 Å². The number of nitrogens with one attached hydrogen (secondary N) is 5. The van der Waals surface area contributed by atoms with Crippen LogP contribution in [0.3, 0.4) is 0 Å². The first-order valence-corrected chi connectivity index (χ1v) is 22.2. The maximum absolute atomic E-state index is 14.6. The SMILES string of the molecule is N[C@H](Cc1ccccc1)C(=O)N[C@H](Cc1ccccc1)C(=O)N[C@H](Cc1ccccc1)C(=O)N[C@@H](Cc1ccccc1)C(=O)N[C@@H](Cc1ccccc1)C(=O)N[C@@H](Cc1ccccc1)C(=O)O. The fraction of sp³-hybridized carbons (Fsp3) is 0.222. The molecule has 344 valence electrons. The highest BCUT2D eigenvalue weighted by Crippen LogP contribution is 2.12. The van der Waals surface area contributed by atoms with Crippen LogP contribution in [-0.4, -0.2) is 76.9 Å². The van der Waals surface area contributed by atoms with Gasteiger partial charge in [0.25, 0.3) is 0 Å². The highest BCUT2D eigenvalue weighted by molar-refractivity contribution is 5.97. The summed E-state index contributed by atoms with van der Waals surface area (Å²) in [6.07, 6.45) is 0.367. The fourth-order valence-electron chi connectivity index (χ4n) is 7.61. The summed E-state index contributed by atoms with van der Waals surface area (Å²) in [4.78, 5) is 83.7.